The van der Waals surface area contributed by atoms with E-state index in [9.17, 15) is 24.6 Å². The molecule has 9 nitrogen and oxygen atoms in total. The zero-order valence-corrected chi connectivity index (χ0v) is 18.5. The number of halogens is 1. The summed E-state index contributed by atoms with van der Waals surface area (Å²) in [5.74, 6) is -0.947. The highest BCUT2D eigenvalue weighted by Gasteiger charge is 2.25. The average Bonchev–Trinajstić information content (AvgIpc) is 3.12. The third kappa shape index (κ3) is 3.66. The molecule has 0 radical (unpaired) electrons. The van der Waals surface area contributed by atoms with Crippen molar-refractivity contribution >= 4 is 28.6 Å². The van der Waals surface area contributed by atoms with Crippen LogP contribution in [-0.4, -0.2) is 37.4 Å². The summed E-state index contributed by atoms with van der Waals surface area (Å²) in [7, 11) is 1.46. The van der Waals surface area contributed by atoms with Crippen LogP contribution in [0.4, 0.5) is 0 Å². The van der Waals surface area contributed by atoms with Crippen molar-refractivity contribution in [3.05, 3.63) is 74.5 Å². The van der Waals surface area contributed by atoms with Crippen molar-refractivity contribution in [3.8, 4) is 28.3 Å². The summed E-state index contributed by atoms with van der Waals surface area (Å²) in [5.41, 5.74) is 0.440. The number of aromatic nitrogens is 3. The van der Waals surface area contributed by atoms with Crippen LogP contribution >= 0.6 is 11.6 Å². The lowest BCUT2D eigenvalue weighted by molar-refractivity contribution is -0.141. The fourth-order valence-corrected chi connectivity index (χ4v) is 4.17. The molecule has 0 saturated carbocycles. The molecule has 2 aromatic carbocycles. The predicted molar refractivity (Wildman–Crippen MR) is 124 cm³/mol. The number of carboxylic acids is 1. The first-order chi connectivity index (χ1) is 15.8. The number of aromatic hydroxyl groups is 1. The van der Waals surface area contributed by atoms with Crippen molar-refractivity contribution in [2.24, 2.45) is 0 Å². The molecule has 0 fully saturated rings. The molecular weight excluding hydrogens is 450 g/mol. The summed E-state index contributed by atoms with van der Waals surface area (Å²) in [6.07, 6.45) is 0.0526. The van der Waals surface area contributed by atoms with Gasteiger partial charge in [-0.15, -0.1) is 0 Å². The van der Waals surface area contributed by atoms with Crippen LogP contribution in [0, 0.1) is 0 Å². The number of carboxylic acid groups (broad SMARTS) is 1. The molecule has 3 N–H and O–H groups in total. The van der Waals surface area contributed by atoms with Crippen molar-refractivity contribution < 1.29 is 19.7 Å². The topological polar surface area (TPSA) is 127 Å². The summed E-state index contributed by atoms with van der Waals surface area (Å²) >= 11 is 6.40. The largest absolute Gasteiger partial charge is 0.504 e. The Labute approximate surface area is 192 Å². The number of carbonyl (C=O) groups is 1. The lowest BCUT2D eigenvalue weighted by atomic mass is 10.0. The number of rotatable bonds is 6. The lowest BCUT2D eigenvalue weighted by Gasteiger charge is -2.14. The maximum atomic E-state index is 13.2. The van der Waals surface area contributed by atoms with Crippen molar-refractivity contribution in [2.45, 2.75) is 19.4 Å². The van der Waals surface area contributed by atoms with Crippen LogP contribution in [0.25, 0.3) is 27.8 Å². The Bertz CT molecular complexity index is 1480. The number of benzene rings is 2. The molecule has 0 amide bonds. The molecule has 1 unspecified atom stereocenters. The molecule has 10 heteroatoms. The second kappa shape index (κ2) is 8.51. The van der Waals surface area contributed by atoms with Gasteiger partial charge in [-0.1, -0.05) is 42.8 Å². The Morgan fingerprint density at radius 3 is 2.48 bits per heavy atom. The molecule has 0 aliphatic rings. The number of phenolic OH excluding ortho intramolecular Hbond substituents is 1. The van der Waals surface area contributed by atoms with E-state index in [1.165, 1.54) is 17.7 Å². The van der Waals surface area contributed by atoms with Gasteiger partial charge in [-0.2, -0.15) is 0 Å². The highest BCUT2D eigenvalue weighted by Crippen LogP contribution is 2.37. The fraction of sp³-hybridized carbons (Fsp3) is 0.174. The Hall–Kier alpha value is -3.98. The number of phenols is 1. The quantitative estimate of drug-likeness (QED) is 0.396. The molecule has 0 spiro atoms. The van der Waals surface area contributed by atoms with E-state index in [1.54, 1.807) is 49.4 Å². The van der Waals surface area contributed by atoms with Crippen LogP contribution in [0.3, 0.4) is 0 Å². The van der Waals surface area contributed by atoms with E-state index in [4.69, 9.17) is 16.3 Å². The molecule has 0 bridgehead atoms. The first-order valence-electron chi connectivity index (χ1n) is 10.0. The van der Waals surface area contributed by atoms with Crippen molar-refractivity contribution in [1.29, 1.82) is 0 Å². The minimum absolute atomic E-state index is 0.00284. The van der Waals surface area contributed by atoms with Gasteiger partial charge in [0.05, 0.1) is 12.6 Å². The van der Waals surface area contributed by atoms with Crippen LogP contribution in [0.5, 0.6) is 11.5 Å². The van der Waals surface area contributed by atoms with E-state index in [0.717, 1.165) is 0 Å². The van der Waals surface area contributed by atoms with E-state index >= 15 is 0 Å². The Kier molecular flexibility index (Phi) is 5.73. The number of aromatic amines is 1. The minimum atomic E-state index is -1.31. The Morgan fingerprint density at radius 2 is 1.88 bits per heavy atom. The minimum Gasteiger partial charge on any atom is -0.504 e. The van der Waals surface area contributed by atoms with E-state index < -0.39 is 23.3 Å². The van der Waals surface area contributed by atoms with Gasteiger partial charge in [-0.05, 0) is 36.2 Å². The second-order valence-electron chi connectivity index (χ2n) is 7.34. The van der Waals surface area contributed by atoms with Gasteiger partial charge in [-0.3, -0.25) is 9.36 Å². The number of hydrogen-bond donors (Lipinski definition) is 3. The molecule has 4 rings (SSSR count). The fourth-order valence-electron chi connectivity index (χ4n) is 3.88. The number of nitrogens with one attached hydrogen (secondary N) is 1. The van der Waals surface area contributed by atoms with Gasteiger partial charge >= 0.3 is 11.7 Å². The molecule has 2 aromatic heterocycles. The first kappa shape index (κ1) is 22.2. The van der Waals surface area contributed by atoms with E-state index in [0.29, 0.717) is 27.1 Å². The molecule has 0 aliphatic carbocycles. The predicted octanol–water partition coefficient (Wildman–Crippen LogP) is 3.55. The Balaban J connectivity index is 1.89. The molecule has 1 atom stereocenters. The highest BCUT2D eigenvalue weighted by molar-refractivity contribution is 6.31. The molecule has 0 saturated heterocycles. The van der Waals surface area contributed by atoms with E-state index in [-0.39, 0.29) is 28.4 Å². The van der Waals surface area contributed by atoms with Crippen molar-refractivity contribution in [2.75, 3.05) is 7.11 Å². The zero-order valence-electron chi connectivity index (χ0n) is 17.7. The third-order valence-corrected chi connectivity index (χ3v) is 5.75. The van der Waals surface area contributed by atoms with Crippen LogP contribution in [-0.2, 0) is 4.79 Å². The van der Waals surface area contributed by atoms with Crippen molar-refractivity contribution in [1.82, 2.24) is 14.1 Å². The van der Waals surface area contributed by atoms with Gasteiger partial charge in [0.25, 0.3) is 5.56 Å². The highest BCUT2D eigenvalue weighted by atomic mass is 35.5. The summed E-state index contributed by atoms with van der Waals surface area (Å²) in [4.78, 5) is 39.8. The van der Waals surface area contributed by atoms with E-state index in [2.05, 4.69) is 4.98 Å². The molecule has 33 heavy (non-hydrogen) atoms. The summed E-state index contributed by atoms with van der Waals surface area (Å²) in [5, 5.41) is 20.0. The number of ether oxygens (including phenoxy) is 1. The van der Waals surface area contributed by atoms with Gasteiger partial charge in [-0.25, -0.2) is 14.2 Å². The summed E-state index contributed by atoms with van der Waals surface area (Å²) in [6, 6.07) is 12.1. The normalized spacial score (nSPS) is 12.1. The number of hydrogen-bond acceptors (Lipinski definition) is 5. The SMILES string of the molecule is CCC(C(=O)O)n1c(=O)[nH]c2cc(Cl)n(-c3ccc(-c4cccc(OC)c4O)cc3)c2c1=O. The van der Waals surface area contributed by atoms with Crippen molar-refractivity contribution in [3.63, 3.8) is 0 Å². The molecule has 4 aromatic rings. The monoisotopic (exact) mass is 469 g/mol. The molecule has 170 valence electrons. The van der Waals surface area contributed by atoms with Gasteiger partial charge in [0, 0.05) is 11.3 Å². The van der Waals surface area contributed by atoms with Crippen LogP contribution in [0.1, 0.15) is 19.4 Å². The number of fused-ring (bicyclic) bond motifs is 1. The maximum Gasteiger partial charge on any atom is 0.329 e. The van der Waals surface area contributed by atoms with Gasteiger partial charge in [0.15, 0.2) is 11.5 Å². The maximum absolute atomic E-state index is 13.2. The number of aliphatic carboxylic acids is 1. The number of methoxy groups -OCH3 is 1. The summed E-state index contributed by atoms with van der Waals surface area (Å²) < 4.78 is 7.29. The zero-order chi connectivity index (χ0) is 23.9. The van der Waals surface area contributed by atoms with Gasteiger partial charge in [0.2, 0.25) is 0 Å². The molecular formula is C23H20ClN3O6. The van der Waals surface area contributed by atoms with E-state index in [1.807, 2.05) is 0 Å². The summed E-state index contributed by atoms with van der Waals surface area (Å²) in [6.45, 7) is 1.58. The smallest absolute Gasteiger partial charge is 0.329 e. The van der Waals surface area contributed by atoms with Crippen LogP contribution in [0.15, 0.2) is 58.1 Å². The third-order valence-electron chi connectivity index (χ3n) is 5.48. The number of nitrogens with zero attached hydrogens (tertiary/aromatic N) is 2. The lowest BCUT2D eigenvalue weighted by Crippen LogP contribution is -2.41. The molecule has 0 aliphatic heterocycles. The first-order valence-corrected chi connectivity index (χ1v) is 10.4. The Morgan fingerprint density at radius 1 is 1.18 bits per heavy atom. The molecule has 2 heterocycles. The number of para-hydroxylation sites is 1. The van der Waals surface area contributed by atoms with Gasteiger partial charge < -0.3 is 19.9 Å². The van der Waals surface area contributed by atoms with Crippen LogP contribution in [0.2, 0.25) is 5.15 Å². The standard InChI is InChI=1S/C23H20ClN3O6/c1-3-16(22(30)31)27-21(29)19-15(25-23(27)32)11-18(24)26(19)13-9-7-12(8-10-13)14-5-4-6-17(33-2)20(14)28/h4-11,16,28H,3H2,1-2H3,(H,25,32)(H,30,31). The second-order valence-corrected chi connectivity index (χ2v) is 7.72. The van der Waals surface area contributed by atoms with Gasteiger partial charge in [0.1, 0.15) is 16.7 Å². The van der Waals surface area contributed by atoms with Crippen LogP contribution < -0.4 is 16.0 Å². The average molecular weight is 470 g/mol. The number of H-pyrrole nitrogens is 1.